The molecule has 0 unspecified atom stereocenters. The summed E-state index contributed by atoms with van der Waals surface area (Å²) >= 11 is 0. The second kappa shape index (κ2) is 10.4. The molecule has 2 aromatic rings. The number of pyridine rings is 1. The summed E-state index contributed by atoms with van der Waals surface area (Å²) < 4.78 is 10.3. The first kappa shape index (κ1) is 22.1. The van der Waals surface area contributed by atoms with Gasteiger partial charge < -0.3 is 25.0 Å². The van der Waals surface area contributed by atoms with Gasteiger partial charge in [-0.05, 0) is 43.0 Å². The number of nitrogens with one attached hydrogen (secondary N) is 2. The molecule has 1 aliphatic heterocycles. The van der Waals surface area contributed by atoms with Crippen molar-refractivity contribution < 1.29 is 23.9 Å². The molecular weight excluding hydrogens is 400 g/mol. The number of anilines is 1. The lowest BCUT2D eigenvalue weighted by molar-refractivity contribution is -0.136. The Balaban J connectivity index is 1.44. The zero-order valence-electron chi connectivity index (χ0n) is 17.6. The van der Waals surface area contributed by atoms with Crippen molar-refractivity contribution in [2.75, 3.05) is 39.2 Å². The lowest BCUT2D eigenvalue weighted by Crippen LogP contribution is -2.43. The van der Waals surface area contributed by atoms with Crippen molar-refractivity contribution in [1.29, 1.82) is 0 Å². The number of rotatable bonds is 6. The van der Waals surface area contributed by atoms with Crippen LogP contribution >= 0.6 is 0 Å². The minimum Gasteiger partial charge on any atom is -0.493 e. The van der Waals surface area contributed by atoms with Crippen molar-refractivity contribution in [2.24, 2.45) is 5.92 Å². The lowest BCUT2D eigenvalue weighted by atomic mass is 9.96. The SMILES string of the molecule is COc1ccc(NC(=O)C(=O)NCC2CCN(C(=O)c3cccnc3)CC2)cc1OC. The van der Waals surface area contributed by atoms with Gasteiger partial charge in [0, 0.05) is 43.8 Å². The summed E-state index contributed by atoms with van der Waals surface area (Å²) in [6.45, 7) is 1.59. The summed E-state index contributed by atoms with van der Waals surface area (Å²) in [5, 5.41) is 5.23. The third-order valence-corrected chi connectivity index (χ3v) is 5.21. The molecule has 2 N–H and O–H groups in total. The highest BCUT2D eigenvalue weighted by Gasteiger charge is 2.25. The van der Waals surface area contributed by atoms with E-state index in [0.29, 0.717) is 42.4 Å². The number of carbonyl (C=O) groups is 3. The molecule has 0 saturated carbocycles. The van der Waals surface area contributed by atoms with Gasteiger partial charge >= 0.3 is 11.8 Å². The number of aromatic nitrogens is 1. The molecule has 1 fully saturated rings. The van der Waals surface area contributed by atoms with E-state index < -0.39 is 11.8 Å². The van der Waals surface area contributed by atoms with E-state index in [1.807, 2.05) is 0 Å². The fourth-order valence-corrected chi connectivity index (χ4v) is 3.43. The van der Waals surface area contributed by atoms with Crippen LogP contribution in [0.1, 0.15) is 23.2 Å². The fourth-order valence-electron chi connectivity index (χ4n) is 3.43. The van der Waals surface area contributed by atoms with Crippen molar-refractivity contribution >= 4 is 23.4 Å². The predicted octanol–water partition coefficient (Wildman–Crippen LogP) is 1.71. The largest absolute Gasteiger partial charge is 0.493 e. The Morgan fingerprint density at radius 2 is 1.81 bits per heavy atom. The fraction of sp³-hybridized carbons (Fsp3) is 0.364. The van der Waals surface area contributed by atoms with Gasteiger partial charge in [-0.25, -0.2) is 0 Å². The zero-order chi connectivity index (χ0) is 22.2. The number of hydrogen-bond acceptors (Lipinski definition) is 6. The summed E-state index contributed by atoms with van der Waals surface area (Å²) in [7, 11) is 3.01. The zero-order valence-corrected chi connectivity index (χ0v) is 17.6. The molecule has 9 heteroatoms. The summed E-state index contributed by atoms with van der Waals surface area (Å²) in [4.78, 5) is 42.6. The highest BCUT2D eigenvalue weighted by Crippen LogP contribution is 2.29. The highest BCUT2D eigenvalue weighted by molar-refractivity contribution is 6.39. The number of amides is 3. The van der Waals surface area contributed by atoms with E-state index in [4.69, 9.17) is 9.47 Å². The highest BCUT2D eigenvalue weighted by atomic mass is 16.5. The predicted molar refractivity (Wildman–Crippen MR) is 114 cm³/mol. The van der Waals surface area contributed by atoms with Crippen LogP contribution < -0.4 is 20.1 Å². The minimum atomic E-state index is -0.753. The molecule has 3 rings (SSSR count). The molecule has 0 aliphatic carbocycles. The quantitative estimate of drug-likeness (QED) is 0.681. The Kier molecular flexibility index (Phi) is 7.42. The summed E-state index contributed by atoms with van der Waals surface area (Å²) in [6.07, 6.45) is 4.70. The van der Waals surface area contributed by atoms with Gasteiger partial charge in [0.15, 0.2) is 11.5 Å². The minimum absolute atomic E-state index is 0.0371. The Hall–Kier alpha value is -3.62. The van der Waals surface area contributed by atoms with Crippen LogP contribution in [-0.2, 0) is 9.59 Å². The number of methoxy groups -OCH3 is 2. The number of carbonyl (C=O) groups excluding carboxylic acids is 3. The molecule has 0 radical (unpaired) electrons. The summed E-state index contributed by atoms with van der Waals surface area (Å²) in [6, 6.07) is 8.34. The van der Waals surface area contributed by atoms with Gasteiger partial charge in [-0.1, -0.05) is 0 Å². The van der Waals surface area contributed by atoms with E-state index in [2.05, 4.69) is 15.6 Å². The third kappa shape index (κ3) is 5.71. The third-order valence-electron chi connectivity index (χ3n) is 5.21. The molecule has 1 aromatic carbocycles. The van der Waals surface area contributed by atoms with E-state index in [9.17, 15) is 14.4 Å². The Morgan fingerprint density at radius 1 is 1.06 bits per heavy atom. The Morgan fingerprint density at radius 3 is 2.45 bits per heavy atom. The maximum Gasteiger partial charge on any atom is 0.313 e. The van der Waals surface area contributed by atoms with Gasteiger partial charge in [-0.3, -0.25) is 19.4 Å². The topological polar surface area (TPSA) is 110 Å². The summed E-state index contributed by atoms with van der Waals surface area (Å²) in [5.74, 6) is -0.313. The molecule has 1 aromatic heterocycles. The van der Waals surface area contributed by atoms with Crippen LogP contribution in [0.3, 0.4) is 0 Å². The monoisotopic (exact) mass is 426 g/mol. The van der Waals surface area contributed by atoms with Crippen molar-refractivity contribution in [3.8, 4) is 11.5 Å². The molecule has 3 amide bonds. The number of hydrogen-bond donors (Lipinski definition) is 2. The number of ether oxygens (including phenoxy) is 2. The second-order valence-corrected chi connectivity index (χ2v) is 7.21. The number of likely N-dealkylation sites (tertiary alicyclic amines) is 1. The molecule has 9 nitrogen and oxygen atoms in total. The van der Waals surface area contributed by atoms with Gasteiger partial charge in [0.25, 0.3) is 5.91 Å². The Bertz CT molecular complexity index is 927. The first-order chi connectivity index (χ1) is 15.0. The van der Waals surface area contributed by atoms with E-state index >= 15 is 0 Å². The van der Waals surface area contributed by atoms with Gasteiger partial charge in [0.2, 0.25) is 0 Å². The number of nitrogens with zero attached hydrogens (tertiary/aromatic N) is 2. The smallest absolute Gasteiger partial charge is 0.313 e. The first-order valence-electron chi connectivity index (χ1n) is 10.0. The molecule has 0 bridgehead atoms. The van der Waals surface area contributed by atoms with E-state index in [1.54, 1.807) is 47.6 Å². The lowest BCUT2D eigenvalue weighted by Gasteiger charge is -2.32. The average Bonchev–Trinajstić information content (AvgIpc) is 2.82. The molecular formula is C22H26N4O5. The second-order valence-electron chi connectivity index (χ2n) is 7.21. The maximum atomic E-state index is 12.5. The maximum absolute atomic E-state index is 12.5. The van der Waals surface area contributed by atoms with Crippen LogP contribution in [0.15, 0.2) is 42.7 Å². The van der Waals surface area contributed by atoms with Crippen molar-refractivity contribution in [1.82, 2.24) is 15.2 Å². The van der Waals surface area contributed by atoms with Crippen LogP contribution in [0.2, 0.25) is 0 Å². The van der Waals surface area contributed by atoms with Crippen LogP contribution in [0, 0.1) is 5.92 Å². The molecule has 0 spiro atoms. The average molecular weight is 426 g/mol. The van der Waals surface area contributed by atoms with Gasteiger partial charge in [0.1, 0.15) is 0 Å². The molecule has 0 atom stereocenters. The number of piperidine rings is 1. The van der Waals surface area contributed by atoms with Crippen LogP contribution in [-0.4, -0.2) is 61.5 Å². The number of benzene rings is 1. The standard InChI is InChI=1S/C22H26N4O5/c1-30-18-6-5-17(12-19(18)31-2)25-21(28)20(27)24-13-15-7-10-26(11-8-15)22(29)16-4-3-9-23-14-16/h3-6,9,12,14-15H,7-8,10-11,13H2,1-2H3,(H,24,27)(H,25,28). The van der Waals surface area contributed by atoms with Gasteiger partial charge in [-0.15, -0.1) is 0 Å². The van der Waals surface area contributed by atoms with Gasteiger partial charge in [-0.2, -0.15) is 0 Å². The molecule has 31 heavy (non-hydrogen) atoms. The Labute approximate surface area is 180 Å². The van der Waals surface area contributed by atoms with Gasteiger partial charge in [0.05, 0.1) is 19.8 Å². The van der Waals surface area contributed by atoms with Crippen molar-refractivity contribution in [3.63, 3.8) is 0 Å². The van der Waals surface area contributed by atoms with Crippen molar-refractivity contribution in [2.45, 2.75) is 12.8 Å². The molecule has 2 heterocycles. The summed E-state index contributed by atoms with van der Waals surface area (Å²) in [5.41, 5.74) is 1.00. The van der Waals surface area contributed by atoms with Crippen molar-refractivity contribution in [3.05, 3.63) is 48.3 Å². The van der Waals surface area contributed by atoms with E-state index in [-0.39, 0.29) is 11.8 Å². The van der Waals surface area contributed by atoms with Crippen LogP contribution in [0.4, 0.5) is 5.69 Å². The molecule has 1 aliphatic rings. The van der Waals surface area contributed by atoms with Crippen LogP contribution in [0.5, 0.6) is 11.5 Å². The van der Waals surface area contributed by atoms with E-state index in [0.717, 1.165) is 12.8 Å². The van der Waals surface area contributed by atoms with E-state index in [1.165, 1.54) is 14.2 Å². The molecule has 1 saturated heterocycles. The molecule has 164 valence electrons. The first-order valence-corrected chi connectivity index (χ1v) is 10.0. The normalized spacial score (nSPS) is 13.9. The van der Waals surface area contributed by atoms with Crippen LogP contribution in [0.25, 0.3) is 0 Å².